The van der Waals surface area contributed by atoms with Crippen molar-refractivity contribution in [1.82, 2.24) is 9.29 Å². The lowest BCUT2D eigenvalue weighted by atomic mass is 10.1. The van der Waals surface area contributed by atoms with Crippen LogP contribution in [0.25, 0.3) is 0 Å². The van der Waals surface area contributed by atoms with Crippen LogP contribution in [-0.2, 0) is 10.0 Å². The van der Waals surface area contributed by atoms with E-state index >= 15 is 0 Å². The Morgan fingerprint density at radius 2 is 1.83 bits per heavy atom. The molecule has 0 spiro atoms. The van der Waals surface area contributed by atoms with Crippen LogP contribution < -0.4 is 10.2 Å². The summed E-state index contributed by atoms with van der Waals surface area (Å²) >= 11 is 0. The van der Waals surface area contributed by atoms with Gasteiger partial charge in [0.25, 0.3) is 21.8 Å². The fourth-order valence-corrected chi connectivity index (χ4v) is 5.67. The highest BCUT2D eigenvalue weighted by molar-refractivity contribution is 7.90. The van der Waals surface area contributed by atoms with Gasteiger partial charge in [-0.3, -0.25) is 9.59 Å². The Balaban J connectivity index is 1.53. The fraction of sp³-hybridized carbons (Fsp3) is 0.381. The number of aromatic nitrogens is 1. The van der Waals surface area contributed by atoms with Crippen molar-refractivity contribution in [2.24, 2.45) is 0 Å². The van der Waals surface area contributed by atoms with Gasteiger partial charge in [-0.2, -0.15) is 0 Å². The molecule has 3 heterocycles. The smallest absolute Gasteiger partial charge is 0.269 e. The number of fused-ring (bicyclic) bond motifs is 1. The van der Waals surface area contributed by atoms with E-state index in [-0.39, 0.29) is 16.0 Å². The maximum absolute atomic E-state index is 12.7. The van der Waals surface area contributed by atoms with Crippen molar-refractivity contribution in [3.63, 3.8) is 0 Å². The zero-order chi connectivity index (χ0) is 21.5. The number of carbonyl (C=O) groups is 2. The molecule has 1 N–H and O–H groups in total. The molecule has 2 amide bonds. The van der Waals surface area contributed by atoms with Gasteiger partial charge in [-0.05, 0) is 63.4 Å². The number of hydrogen-bond donors (Lipinski definition) is 1. The van der Waals surface area contributed by atoms with Crippen molar-refractivity contribution in [1.29, 1.82) is 0 Å². The molecule has 1 fully saturated rings. The summed E-state index contributed by atoms with van der Waals surface area (Å²) in [6, 6.07) is 7.26. The topological polar surface area (TPSA) is 99.7 Å². The first-order chi connectivity index (χ1) is 14.3. The molecule has 0 unspecified atom stereocenters. The van der Waals surface area contributed by atoms with Gasteiger partial charge >= 0.3 is 0 Å². The number of nitrogens with one attached hydrogen (secondary N) is 1. The Bertz CT molecular complexity index is 1090. The van der Waals surface area contributed by atoms with E-state index in [1.165, 1.54) is 24.6 Å². The molecular formula is C21H24N4O4S. The quantitative estimate of drug-likeness (QED) is 0.804. The third-order valence-electron chi connectivity index (χ3n) is 5.37. The van der Waals surface area contributed by atoms with Crippen molar-refractivity contribution < 1.29 is 18.0 Å². The van der Waals surface area contributed by atoms with E-state index in [1.807, 2.05) is 6.07 Å². The van der Waals surface area contributed by atoms with Gasteiger partial charge in [-0.1, -0.05) is 0 Å². The second-order valence-electron chi connectivity index (χ2n) is 7.82. The Hall–Kier alpha value is -2.94. The van der Waals surface area contributed by atoms with E-state index in [9.17, 15) is 18.0 Å². The Kier molecular flexibility index (Phi) is 5.23. The lowest BCUT2D eigenvalue weighted by Crippen LogP contribution is -2.36. The first-order valence-corrected chi connectivity index (χ1v) is 11.5. The normalized spacial score (nSPS) is 17.9. The third kappa shape index (κ3) is 3.54. The number of carbonyl (C=O) groups excluding carboxylic acids is 2. The van der Waals surface area contributed by atoms with E-state index in [2.05, 4.69) is 15.2 Å². The van der Waals surface area contributed by atoms with Crippen molar-refractivity contribution in [3.05, 3.63) is 47.7 Å². The molecule has 4 rings (SSSR count). The van der Waals surface area contributed by atoms with E-state index in [0.29, 0.717) is 5.69 Å². The van der Waals surface area contributed by atoms with Gasteiger partial charge in [0.1, 0.15) is 10.7 Å². The summed E-state index contributed by atoms with van der Waals surface area (Å²) in [5.41, 5.74) is 0.771. The van der Waals surface area contributed by atoms with Crippen LogP contribution in [0.2, 0.25) is 0 Å². The van der Waals surface area contributed by atoms with Gasteiger partial charge in [-0.15, -0.1) is 0 Å². The third-order valence-corrected chi connectivity index (χ3v) is 7.36. The van der Waals surface area contributed by atoms with Crippen molar-refractivity contribution in [2.45, 2.75) is 44.0 Å². The van der Waals surface area contributed by atoms with Gasteiger partial charge < -0.3 is 10.2 Å². The van der Waals surface area contributed by atoms with E-state index < -0.39 is 27.9 Å². The van der Waals surface area contributed by atoms with Crippen LogP contribution in [0.15, 0.2) is 41.4 Å². The predicted molar refractivity (Wildman–Crippen MR) is 113 cm³/mol. The zero-order valence-corrected chi connectivity index (χ0v) is 17.8. The molecule has 2 aliphatic heterocycles. The van der Waals surface area contributed by atoms with Gasteiger partial charge in [0.05, 0.1) is 17.4 Å². The van der Waals surface area contributed by atoms with Crippen LogP contribution in [0.3, 0.4) is 0 Å². The average molecular weight is 429 g/mol. The molecule has 9 heteroatoms. The predicted octanol–water partition coefficient (Wildman–Crippen LogP) is 2.88. The molecule has 1 aromatic heterocycles. The maximum atomic E-state index is 12.7. The van der Waals surface area contributed by atoms with Gasteiger partial charge in [0.15, 0.2) is 0 Å². The molecule has 0 aliphatic carbocycles. The number of nitrogens with zero attached hydrogens (tertiary/aromatic N) is 3. The molecule has 30 heavy (non-hydrogen) atoms. The number of piperidine rings is 1. The number of pyridine rings is 1. The molecule has 158 valence electrons. The highest BCUT2D eigenvalue weighted by atomic mass is 32.2. The first kappa shape index (κ1) is 20.3. The van der Waals surface area contributed by atoms with Gasteiger partial charge in [-0.25, -0.2) is 17.7 Å². The summed E-state index contributed by atoms with van der Waals surface area (Å²) in [6.45, 7) is 5.23. The Labute approximate surface area is 175 Å². The summed E-state index contributed by atoms with van der Waals surface area (Å²) < 4.78 is 26.3. The largest absolute Gasteiger partial charge is 0.357 e. The number of sulfonamides is 1. The Morgan fingerprint density at radius 1 is 1.10 bits per heavy atom. The zero-order valence-electron chi connectivity index (χ0n) is 17.0. The van der Waals surface area contributed by atoms with Crippen LogP contribution in [0.1, 0.15) is 53.8 Å². The number of benzene rings is 1. The molecule has 2 aliphatic rings. The highest BCUT2D eigenvalue weighted by Crippen LogP contribution is 2.32. The standard InChI is InChI=1S/C21H24N4O4S/c1-14(2)25-21(27)17-8-6-15(12-18(17)30(25,28)29)20(26)23-16-7-9-19(22-13-16)24-10-4-3-5-11-24/h6-9,12-14H,3-5,10-11H2,1-2H3,(H,23,26). The summed E-state index contributed by atoms with van der Waals surface area (Å²) in [4.78, 5) is 31.6. The summed E-state index contributed by atoms with van der Waals surface area (Å²) in [6.07, 6.45) is 5.13. The minimum Gasteiger partial charge on any atom is -0.357 e. The van der Waals surface area contributed by atoms with Crippen LogP contribution in [0.4, 0.5) is 11.5 Å². The Morgan fingerprint density at radius 3 is 2.47 bits per heavy atom. The summed E-state index contributed by atoms with van der Waals surface area (Å²) in [5.74, 6) is -0.149. The lowest BCUT2D eigenvalue weighted by Gasteiger charge is -2.27. The average Bonchev–Trinajstić information content (AvgIpc) is 2.94. The SMILES string of the molecule is CC(C)N1C(=O)c2ccc(C(=O)Nc3ccc(N4CCCCC4)nc3)cc2S1(=O)=O. The molecule has 1 saturated heterocycles. The van der Waals surface area contributed by atoms with Crippen LogP contribution in [0.5, 0.6) is 0 Å². The second kappa shape index (κ2) is 7.71. The molecule has 2 aromatic rings. The molecule has 0 radical (unpaired) electrons. The number of rotatable bonds is 4. The molecule has 0 atom stereocenters. The molecule has 1 aromatic carbocycles. The van der Waals surface area contributed by atoms with E-state index in [1.54, 1.807) is 26.1 Å². The minimum atomic E-state index is -3.96. The van der Waals surface area contributed by atoms with Crippen molar-refractivity contribution >= 4 is 33.3 Å². The second-order valence-corrected chi connectivity index (χ2v) is 9.60. The minimum absolute atomic E-state index is 0.0906. The monoisotopic (exact) mass is 428 g/mol. The number of amides is 2. The maximum Gasteiger partial charge on any atom is 0.269 e. The molecular weight excluding hydrogens is 404 g/mol. The fourth-order valence-electron chi connectivity index (χ4n) is 3.87. The van der Waals surface area contributed by atoms with E-state index in [4.69, 9.17) is 0 Å². The highest BCUT2D eigenvalue weighted by Gasteiger charge is 2.42. The van der Waals surface area contributed by atoms with Crippen molar-refractivity contribution in [2.75, 3.05) is 23.3 Å². The summed E-state index contributed by atoms with van der Waals surface area (Å²) in [5, 5.41) is 2.74. The van der Waals surface area contributed by atoms with Gasteiger partial charge in [0.2, 0.25) is 0 Å². The van der Waals surface area contributed by atoms with Crippen LogP contribution in [-0.4, -0.2) is 48.7 Å². The van der Waals surface area contributed by atoms with Crippen LogP contribution in [0, 0.1) is 0 Å². The number of anilines is 2. The summed E-state index contributed by atoms with van der Waals surface area (Å²) in [7, 11) is -3.96. The van der Waals surface area contributed by atoms with E-state index in [0.717, 1.165) is 36.1 Å². The van der Waals surface area contributed by atoms with Gasteiger partial charge in [0, 0.05) is 24.7 Å². The molecule has 0 saturated carbocycles. The number of hydrogen-bond acceptors (Lipinski definition) is 6. The van der Waals surface area contributed by atoms with Crippen LogP contribution >= 0.6 is 0 Å². The molecule has 8 nitrogen and oxygen atoms in total. The lowest BCUT2D eigenvalue weighted by molar-refractivity contribution is 0.0846. The van der Waals surface area contributed by atoms with Crippen molar-refractivity contribution in [3.8, 4) is 0 Å². The first-order valence-electron chi connectivity index (χ1n) is 10.0. The molecule has 0 bridgehead atoms.